The van der Waals surface area contributed by atoms with Gasteiger partial charge in [-0.15, -0.1) is 0 Å². The smallest absolute Gasteiger partial charge is 0.307 e. The number of carbonyl (C=O) groups is 1. The normalized spacial score (nSPS) is 11.3. The molecular formula is C21H21BrN2O4. The van der Waals surface area contributed by atoms with Crippen LogP contribution in [0.4, 0.5) is 0 Å². The molecule has 0 radical (unpaired) electrons. The van der Waals surface area contributed by atoms with Crippen molar-refractivity contribution in [3.05, 3.63) is 58.3 Å². The minimum absolute atomic E-state index is 0.0121. The number of furan rings is 1. The number of para-hydroxylation sites is 1. The van der Waals surface area contributed by atoms with Gasteiger partial charge in [0.25, 0.3) is 0 Å². The molecule has 0 bridgehead atoms. The number of hydrazone groups is 1. The van der Waals surface area contributed by atoms with E-state index >= 15 is 0 Å². The van der Waals surface area contributed by atoms with Crippen molar-refractivity contribution < 1.29 is 18.7 Å². The zero-order valence-electron chi connectivity index (χ0n) is 15.9. The molecule has 0 aliphatic rings. The van der Waals surface area contributed by atoms with Crippen LogP contribution in [0.25, 0.3) is 11.0 Å². The van der Waals surface area contributed by atoms with Crippen molar-refractivity contribution in [3.8, 4) is 11.5 Å². The molecule has 3 aromatic rings. The highest BCUT2D eigenvalue weighted by atomic mass is 79.9. The molecule has 0 fully saturated rings. The Morgan fingerprint density at radius 3 is 2.79 bits per heavy atom. The lowest BCUT2D eigenvalue weighted by Gasteiger charge is -2.16. The zero-order chi connectivity index (χ0) is 20.1. The fourth-order valence-corrected chi connectivity index (χ4v) is 3.14. The van der Waals surface area contributed by atoms with Gasteiger partial charge in [-0.25, -0.2) is 5.43 Å². The number of fused-ring (bicyclic) bond motifs is 1. The lowest BCUT2D eigenvalue weighted by atomic mass is 10.2. The van der Waals surface area contributed by atoms with Crippen molar-refractivity contribution in [1.29, 1.82) is 0 Å². The number of hydrogen-bond donors (Lipinski definition) is 1. The molecule has 1 amide bonds. The van der Waals surface area contributed by atoms with Crippen LogP contribution in [0.2, 0.25) is 0 Å². The van der Waals surface area contributed by atoms with Gasteiger partial charge in [0.15, 0.2) is 17.3 Å². The summed E-state index contributed by atoms with van der Waals surface area (Å²) >= 11 is 3.50. The Hall–Kier alpha value is -2.80. The van der Waals surface area contributed by atoms with Crippen LogP contribution in [0.5, 0.6) is 11.5 Å². The van der Waals surface area contributed by atoms with Crippen LogP contribution in [0, 0.1) is 0 Å². The molecule has 0 aliphatic carbocycles. The van der Waals surface area contributed by atoms with E-state index in [-0.39, 0.29) is 11.9 Å². The number of amides is 1. The molecule has 0 atom stereocenters. The maximum absolute atomic E-state index is 12.2. The predicted octanol–water partition coefficient (Wildman–Crippen LogP) is 5.15. The number of benzene rings is 2. The fourth-order valence-electron chi connectivity index (χ4n) is 2.59. The molecule has 7 heteroatoms. The van der Waals surface area contributed by atoms with Crippen molar-refractivity contribution in [1.82, 2.24) is 5.43 Å². The number of nitrogens with one attached hydrogen (secondary N) is 1. The van der Waals surface area contributed by atoms with Crippen molar-refractivity contribution in [2.45, 2.75) is 26.9 Å². The van der Waals surface area contributed by atoms with Gasteiger partial charge in [0.1, 0.15) is 5.58 Å². The highest BCUT2D eigenvalue weighted by Crippen LogP contribution is 2.37. The van der Waals surface area contributed by atoms with Gasteiger partial charge < -0.3 is 13.9 Å². The number of halogens is 1. The molecule has 28 heavy (non-hydrogen) atoms. The molecule has 1 N–H and O–H groups in total. The van der Waals surface area contributed by atoms with Gasteiger partial charge >= 0.3 is 5.91 Å². The summed E-state index contributed by atoms with van der Waals surface area (Å²) in [4.78, 5) is 12.2. The summed E-state index contributed by atoms with van der Waals surface area (Å²) in [6, 6.07) is 12.8. The molecule has 1 aromatic heterocycles. The van der Waals surface area contributed by atoms with Crippen molar-refractivity contribution in [2.75, 3.05) is 6.61 Å². The summed E-state index contributed by atoms with van der Waals surface area (Å²) in [7, 11) is 0. The highest BCUT2D eigenvalue weighted by Gasteiger charge is 2.14. The van der Waals surface area contributed by atoms with Crippen LogP contribution in [-0.2, 0) is 0 Å². The van der Waals surface area contributed by atoms with Gasteiger partial charge in [-0.05, 0) is 66.5 Å². The third-order valence-corrected chi connectivity index (χ3v) is 4.30. The second-order valence-corrected chi connectivity index (χ2v) is 7.13. The van der Waals surface area contributed by atoms with E-state index in [2.05, 4.69) is 26.5 Å². The first kappa shape index (κ1) is 19.9. The fraction of sp³-hybridized carbons (Fsp3) is 0.238. The maximum atomic E-state index is 12.2. The van der Waals surface area contributed by atoms with Crippen LogP contribution in [0.1, 0.15) is 36.9 Å². The maximum Gasteiger partial charge on any atom is 0.307 e. The van der Waals surface area contributed by atoms with Crippen LogP contribution in [0.15, 0.2) is 56.5 Å². The molecular weight excluding hydrogens is 424 g/mol. The largest absolute Gasteiger partial charge is 0.490 e. The molecule has 3 rings (SSSR count). The minimum atomic E-state index is -0.420. The standard InChI is InChI=1S/C21H21BrN2O4/c1-4-26-18-10-14(9-16(22)20(18)27-13(2)3)12-23-24-21(25)19-11-15-7-5-6-8-17(15)28-19/h5-13H,4H2,1-3H3,(H,24,25)/b23-12+. The monoisotopic (exact) mass is 444 g/mol. The summed E-state index contributed by atoms with van der Waals surface area (Å²) in [5.74, 6) is 1.03. The molecule has 1 heterocycles. The van der Waals surface area contributed by atoms with E-state index in [0.717, 1.165) is 15.4 Å². The summed E-state index contributed by atoms with van der Waals surface area (Å²) in [6.45, 7) is 6.31. The van der Waals surface area contributed by atoms with E-state index in [1.54, 1.807) is 6.07 Å². The predicted molar refractivity (Wildman–Crippen MR) is 112 cm³/mol. The summed E-state index contributed by atoms with van der Waals surface area (Å²) in [6.07, 6.45) is 1.55. The number of carbonyl (C=O) groups excluding carboxylic acids is 1. The van der Waals surface area contributed by atoms with Crippen molar-refractivity contribution in [2.24, 2.45) is 5.10 Å². The van der Waals surface area contributed by atoms with Gasteiger partial charge in [0.2, 0.25) is 0 Å². The number of rotatable bonds is 7. The second-order valence-electron chi connectivity index (χ2n) is 6.28. The molecule has 146 valence electrons. The number of nitrogens with zero attached hydrogens (tertiary/aromatic N) is 1. The topological polar surface area (TPSA) is 73.1 Å². The Morgan fingerprint density at radius 2 is 2.07 bits per heavy atom. The third kappa shape index (κ3) is 4.72. The average Bonchev–Trinajstić information content (AvgIpc) is 3.09. The third-order valence-electron chi connectivity index (χ3n) is 3.71. The lowest BCUT2D eigenvalue weighted by Crippen LogP contribution is -2.16. The van der Waals surface area contributed by atoms with Gasteiger partial charge in [-0.3, -0.25) is 4.79 Å². The van der Waals surface area contributed by atoms with Gasteiger partial charge in [0, 0.05) is 5.39 Å². The Labute approximate surface area is 171 Å². The number of hydrogen-bond acceptors (Lipinski definition) is 5. The van der Waals surface area contributed by atoms with Crippen molar-refractivity contribution >= 4 is 39.0 Å². The van der Waals surface area contributed by atoms with E-state index in [9.17, 15) is 4.79 Å². The molecule has 0 unspecified atom stereocenters. The Balaban J connectivity index is 1.75. The summed E-state index contributed by atoms with van der Waals surface area (Å²) < 4.78 is 17.8. The Morgan fingerprint density at radius 1 is 1.29 bits per heavy atom. The minimum Gasteiger partial charge on any atom is -0.490 e. The van der Waals surface area contributed by atoms with E-state index < -0.39 is 5.91 Å². The van der Waals surface area contributed by atoms with Crippen LogP contribution in [0.3, 0.4) is 0 Å². The quantitative estimate of drug-likeness (QED) is 0.404. The molecule has 0 aliphatic heterocycles. The van der Waals surface area contributed by atoms with E-state index in [1.807, 2.05) is 57.2 Å². The second kappa shape index (κ2) is 8.93. The summed E-state index contributed by atoms with van der Waals surface area (Å²) in [5, 5.41) is 4.88. The van der Waals surface area contributed by atoms with Crippen LogP contribution in [-0.4, -0.2) is 24.8 Å². The molecule has 0 saturated carbocycles. The van der Waals surface area contributed by atoms with Gasteiger partial charge in [-0.1, -0.05) is 18.2 Å². The molecule has 0 saturated heterocycles. The molecule has 6 nitrogen and oxygen atoms in total. The molecule has 0 spiro atoms. The zero-order valence-corrected chi connectivity index (χ0v) is 17.4. The molecule has 2 aromatic carbocycles. The average molecular weight is 445 g/mol. The number of ether oxygens (including phenoxy) is 2. The first-order valence-corrected chi connectivity index (χ1v) is 9.72. The van der Waals surface area contributed by atoms with Gasteiger partial charge in [0.05, 0.1) is 23.4 Å². The van der Waals surface area contributed by atoms with Gasteiger partial charge in [-0.2, -0.15) is 5.10 Å². The van der Waals surface area contributed by atoms with Crippen molar-refractivity contribution in [3.63, 3.8) is 0 Å². The van der Waals surface area contributed by atoms with Crippen LogP contribution < -0.4 is 14.9 Å². The Kier molecular flexibility index (Phi) is 6.36. The van der Waals surface area contributed by atoms with Crippen LogP contribution >= 0.6 is 15.9 Å². The first-order chi connectivity index (χ1) is 13.5. The summed E-state index contributed by atoms with van der Waals surface area (Å²) in [5.41, 5.74) is 3.88. The SMILES string of the molecule is CCOc1cc(/C=N/NC(=O)c2cc3ccccc3o2)cc(Br)c1OC(C)C. The Bertz CT molecular complexity index is 978. The van der Waals surface area contributed by atoms with E-state index in [0.29, 0.717) is 23.7 Å². The van der Waals surface area contributed by atoms with E-state index in [4.69, 9.17) is 13.9 Å². The van der Waals surface area contributed by atoms with E-state index in [1.165, 1.54) is 6.21 Å². The highest BCUT2D eigenvalue weighted by molar-refractivity contribution is 9.10. The first-order valence-electron chi connectivity index (χ1n) is 8.93. The lowest BCUT2D eigenvalue weighted by molar-refractivity contribution is 0.0929.